The van der Waals surface area contributed by atoms with E-state index >= 15 is 0 Å². The molecule has 0 amide bonds. The molecule has 1 aliphatic heterocycles. The van der Waals surface area contributed by atoms with E-state index < -0.39 is 0 Å². The molecule has 5 heteroatoms. The monoisotopic (exact) mass is 345 g/mol. The summed E-state index contributed by atoms with van der Waals surface area (Å²) in [6.07, 6.45) is 4.33. The summed E-state index contributed by atoms with van der Waals surface area (Å²) >= 11 is 1.76. The number of likely N-dealkylation sites (tertiary alicyclic amines) is 1. The van der Waals surface area contributed by atoms with Gasteiger partial charge in [0.25, 0.3) is 0 Å². The number of nitrogens with one attached hydrogen (secondary N) is 1. The van der Waals surface area contributed by atoms with Crippen molar-refractivity contribution >= 4 is 28.5 Å². The van der Waals surface area contributed by atoms with Crippen molar-refractivity contribution < 1.29 is 5.11 Å². The minimum Gasteiger partial charge on any atom is -0.396 e. The third kappa shape index (κ3) is 4.21. The standard InChI is InChI=1S/C19H27N3OS/c1-14-11-19(21-18-4-3-16(24-2)12-17(14)18)20-7-10-22-8-5-15(13-23)6-9-22/h3-4,11-12,15,23H,5-10,13H2,1-2H3,(H,20,21). The summed E-state index contributed by atoms with van der Waals surface area (Å²) in [7, 11) is 0. The van der Waals surface area contributed by atoms with Crippen LogP contribution in [0.2, 0.25) is 0 Å². The maximum Gasteiger partial charge on any atom is 0.126 e. The molecule has 2 heterocycles. The van der Waals surface area contributed by atoms with Gasteiger partial charge in [0.2, 0.25) is 0 Å². The number of aliphatic hydroxyl groups is 1. The Bertz CT molecular complexity index is 684. The summed E-state index contributed by atoms with van der Waals surface area (Å²) in [5, 5.41) is 13.9. The van der Waals surface area contributed by atoms with Crippen LogP contribution in [-0.2, 0) is 0 Å². The summed E-state index contributed by atoms with van der Waals surface area (Å²) in [6.45, 7) is 6.61. The zero-order chi connectivity index (χ0) is 16.9. The molecule has 3 rings (SSSR count). The molecule has 0 radical (unpaired) electrons. The highest BCUT2D eigenvalue weighted by Crippen LogP contribution is 2.25. The van der Waals surface area contributed by atoms with Crippen molar-refractivity contribution in [1.29, 1.82) is 0 Å². The molecule has 2 aromatic rings. The normalized spacial score (nSPS) is 16.6. The van der Waals surface area contributed by atoms with Crippen LogP contribution in [0.4, 0.5) is 5.82 Å². The average molecular weight is 346 g/mol. The van der Waals surface area contributed by atoms with E-state index in [0.29, 0.717) is 12.5 Å². The predicted molar refractivity (Wildman–Crippen MR) is 103 cm³/mol. The van der Waals surface area contributed by atoms with Crippen LogP contribution in [0.3, 0.4) is 0 Å². The second-order valence-electron chi connectivity index (χ2n) is 6.60. The quantitative estimate of drug-likeness (QED) is 0.786. The van der Waals surface area contributed by atoms with Crippen LogP contribution in [0.5, 0.6) is 0 Å². The van der Waals surface area contributed by atoms with E-state index in [1.165, 1.54) is 15.8 Å². The number of hydrogen-bond acceptors (Lipinski definition) is 5. The van der Waals surface area contributed by atoms with Crippen LogP contribution in [0, 0.1) is 12.8 Å². The largest absolute Gasteiger partial charge is 0.396 e. The summed E-state index contributed by atoms with van der Waals surface area (Å²) in [6, 6.07) is 8.61. The van der Waals surface area contributed by atoms with Crippen LogP contribution in [-0.4, -0.2) is 54.0 Å². The molecule has 4 nitrogen and oxygen atoms in total. The number of pyridine rings is 1. The first-order valence-electron chi connectivity index (χ1n) is 8.72. The number of benzene rings is 1. The Morgan fingerprint density at radius 3 is 2.79 bits per heavy atom. The van der Waals surface area contributed by atoms with Gasteiger partial charge in [0.1, 0.15) is 5.82 Å². The first kappa shape index (κ1) is 17.5. The number of nitrogens with zero attached hydrogens (tertiary/aromatic N) is 2. The molecule has 1 saturated heterocycles. The maximum atomic E-state index is 9.21. The molecule has 1 aliphatic rings. The molecule has 1 fully saturated rings. The highest BCUT2D eigenvalue weighted by molar-refractivity contribution is 7.98. The first-order valence-corrected chi connectivity index (χ1v) is 9.94. The molecule has 0 saturated carbocycles. The van der Waals surface area contributed by atoms with E-state index in [0.717, 1.165) is 50.4 Å². The van der Waals surface area contributed by atoms with Gasteiger partial charge in [-0.15, -0.1) is 11.8 Å². The number of aryl methyl sites for hydroxylation is 1. The van der Waals surface area contributed by atoms with Gasteiger partial charge in [-0.3, -0.25) is 0 Å². The molecular weight excluding hydrogens is 318 g/mol. The highest BCUT2D eigenvalue weighted by atomic mass is 32.2. The van der Waals surface area contributed by atoms with Crippen LogP contribution in [0.1, 0.15) is 18.4 Å². The Labute approximate surface area is 148 Å². The zero-order valence-corrected chi connectivity index (χ0v) is 15.4. The van der Waals surface area contributed by atoms with Crippen LogP contribution < -0.4 is 5.32 Å². The lowest BCUT2D eigenvalue weighted by Crippen LogP contribution is -2.37. The van der Waals surface area contributed by atoms with Gasteiger partial charge in [0.05, 0.1) is 5.52 Å². The number of aromatic nitrogens is 1. The van der Waals surface area contributed by atoms with E-state index in [1.807, 2.05) is 0 Å². The van der Waals surface area contributed by atoms with Crippen molar-refractivity contribution in [3.63, 3.8) is 0 Å². The number of thioether (sulfide) groups is 1. The number of fused-ring (bicyclic) bond motifs is 1. The van der Waals surface area contributed by atoms with Crippen LogP contribution in [0.15, 0.2) is 29.2 Å². The Balaban J connectivity index is 1.58. The van der Waals surface area contributed by atoms with E-state index in [9.17, 15) is 5.11 Å². The molecule has 1 aromatic heterocycles. The minimum absolute atomic E-state index is 0.338. The lowest BCUT2D eigenvalue weighted by Gasteiger charge is -2.31. The maximum absolute atomic E-state index is 9.21. The van der Waals surface area contributed by atoms with E-state index in [1.54, 1.807) is 11.8 Å². The first-order chi connectivity index (χ1) is 11.7. The number of piperidine rings is 1. The van der Waals surface area contributed by atoms with Crippen molar-refractivity contribution in [3.8, 4) is 0 Å². The fraction of sp³-hybridized carbons (Fsp3) is 0.526. The van der Waals surface area contributed by atoms with Gasteiger partial charge in [0, 0.05) is 30.0 Å². The van der Waals surface area contributed by atoms with Gasteiger partial charge < -0.3 is 15.3 Å². The molecule has 0 atom stereocenters. The fourth-order valence-electron chi connectivity index (χ4n) is 3.33. The van der Waals surface area contributed by atoms with Crippen molar-refractivity contribution in [3.05, 3.63) is 29.8 Å². The molecule has 24 heavy (non-hydrogen) atoms. The van der Waals surface area contributed by atoms with Crippen LogP contribution >= 0.6 is 11.8 Å². The third-order valence-corrected chi connectivity index (χ3v) is 5.65. The minimum atomic E-state index is 0.338. The number of hydrogen-bond donors (Lipinski definition) is 2. The lowest BCUT2D eigenvalue weighted by molar-refractivity contribution is 0.134. The van der Waals surface area contributed by atoms with E-state index in [4.69, 9.17) is 4.98 Å². The highest BCUT2D eigenvalue weighted by Gasteiger charge is 2.17. The molecule has 0 unspecified atom stereocenters. The number of rotatable bonds is 6. The molecule has 0 bridgehead atoms. The zero-order valence-electron chi connectivity index (χ0n) is 14.6. The van der Waals surface area contributed by atoms with Crippen molar-refractivity contribution in [2.24, 2.45) is 5.92 Å². The molecular formula is C19H27N3OS. The topological polar surface area (TPSA) is 48.4 Å². The lowest BCUT2D eigenvalue weighted by atomic mass is 9.98. The number of aliphatic hydroxyl groups excluding tert-OH is 1. The molecule has 0 spiro atoms. The average Bonchev–Trinajstić information content (AvgIpc) is 2.62. The Kier molecular flexibility index (Phi) is 5.98. The van der Waals surface area contributed by atoms with Gasteiger partial charge in [0.15, 0.2) is 0 Å². The van der Waals surface area contributed by atoms with Crippen molar-refractivity contribution in [2.75, 3.05) is 44.4 Å². The van der Waals surface area contributed by atoms with Crippen LogP contribution in [0.25, 0.3) is 10.9 Å². The summed E-state index contributed by atoms with van der Waals surface area (Å²) in [4.78, 5) is 8.49. The third-order valence-electron chi connectivity index (χ3n) is 4.92. The second-order valence-corrected chi connectivity index (χ2v) is 7.48. The van der Waals surface area contributed by atoms with Gasteiger partial charge in [-0.05, 0) is 74.9 Å². The summed E-state index contributed by atoms with van der Waals surface area (Å²) in [5.41, 5.74) is 2.32. The van der Waals surface area contributed by atoms with Gasteiger partial charge >= 0.3 is 0 Å². The van der Waals surface area contributed by atoms with Crippen molar-refractivity contribution in [2.45, 2.75) is 24.7 Å². The SMILES string of the molecule is CSc1ccc2nc(NCCN3CCC(CO)CC3)cc(C)c2c1. The fourth-order valence-corrected chi connectivity index (χ4v) is 3.77. The Morgan fingerprint density at radius 1 is 1.29 bits per heavy atom. The predicted octanol–water partition coefficient (Wildman–Crippen LogP) is 3.38. The number of anilines is 1. The summed E-state index contributed by atoms with van der Waals surface area (Å²) < 4.78 is 0. The molecule has 2 N–H and O–H groups in total. The van der Waals surface area contributed by atoms with Crippen molar-refractivity contribution in [1.82, 2.24) is 9.88 Å². The van der Waals surface area contributed by atoms with E-state index in [2.05, 4.69) is 47.7 Å². The Hall–Kier alpha value is -1.30. The summed E-state index contributed by atoms with van der Waals surface area (Å²) in [5.74, 6) is 1.47. The molecule has 1 aromatic carbocycles. The van der Waals surface area contributed by atoms with Gasteiger partial charge in [-0.25, -0.2) is 4.98 Å². The van der Waals surface area contributed by atoms with Gasteiger partial charge in [-0.2, -0.15) is 0 Å². The molecule has 0 aliphatic carbocycles. The molecule has 130 valence electrons. The second kappa shape index (κ2) is 8.19. The van der Waals surface area contributed by atoms with E-state index in [-0.39, 0.29) is 0 Å². The Morgan fingerprint density at radius 2 is 2.08 bits per heavy atom. The smallest absolute Gasteiger partial charge is 0.126 e. The van der Waals surface area contributed by atoms with Gasteiger partial charge in [-0.1, -0.05) is 0 Å².